The Morgan fingerprint density at radius 1 is 1.50 bits per heavy atom. The molecule has 0 radical (unpaired) electrons. The zero-order valence-electron chi connectivity index (χ0n) is 7.88. The van der Waals surface area contributed by atoms with Crippen LogP contribution in [0, 0.1) is 15.9 Å². The fraction of sp³-hybridized carbons (Fsp3) is 0. The van der Waals surface area contributed by atoms with Gasteiger partial charge in [0, 0.05) is 6.07 Å². The summed E-state index contributed by atoms with van der Waals surface area (Å²) in [6, 6.07) is 3.02. The lowest BCUT2D eigenvalue weighted by Crippen LogP contribution is -1.94. The fourth-order valence-electron chi connectivity index (χ4n) is 1.30. The summed E-state index contributed by atoms with van der Waals surface area (Å²) in [4.78, 5) is 10.1. The molecule has 0 saturated heterocycles. The third-order valence-electron chi connectivity index (χ3n) is 2.00. The maximum absolute atomic E-state index is 13.0. The van der Waals surface area contributed by atoms with Crippen LogP contribution in [-0.2, 0) is 0 Å². The quantitative estimate of drug-likeness (QED) is 0.620. The topological polar surface area (TPSA) is 95.2 Å². The van der Waals surface area contributed by atoms with Crippen molar-refractivity contribution in [3.05, 3.63) is 40.3 Å². The minimum atomic E-state index is -0.642. The van der Waals surface area contributed by atoms with Gasteiger partial charge in [-0.05, 0) is 12.1 Å². The van der Waals surface area contributed by atoms with Gasteiger partial charge in [0.05, 0.1) is 11.1 Å². The van der Waals surface area contributed by atoms with Crippen molar-refractivity contribution in [3.63, 3.8) is 0 Å². The van der Waals surface area contributed by atoms with Crippen molar-refractivity contribution in [1.29, 1.82) is 0 Å². The first kappa shape index (κ1) is 10.1. The second-order valence-corrected chi connectivity index (χ2v) is 3.03. The van der Waals surface area contributed by atoms with Crippen molar-refractivity contribution >= 4 is 11.4 Å². The van der Waals surface area contributed by atoms with Crippen LogP contribution in [0.25, 0.3) is 11.3 Å². The molecule has 0 aliphatic carbocycles. The smallest absolute Gasteiger partial charge is 0.280 e. The van der Waals surface area contributed by atoms with E-state index in [1.807, 2.05) is 0 Å². The number of aromatic nitrogens is 1. The number of nitro groups is 1. The van der Waals surface area contributed by atoms with Crippen molar-refractivity contribution in [2.75, 3.05) is 5.73 Å². The first-order valence-corrected chi connectivity index (χ1v) is 4.24. The highest BCUT2D eigenvalue weighted by Crippen LogP contribution is 2.33. The molecule has 2 N–H and O–H groups in total. The Balaban J connectivity index is 2.67. The highest BCUT2D eigenvalue weighted by Gasteiger charge is 2.21. The van der Waals surface area contributed by atoms with Crippen molar-refractivity contribution in [1.82, 2.24) is 5.16 Å². The van der Waals surface area contributed by atoms with Crippen LogP contribution < -0.4 is 5.73 Å². The van der Waals surface area contributed by atoms with Crippen LogP contribution in [0.2, 0.25) is 0 Å². The number of hydrogen-bond donors (Lipinski definition) is 1. The van der Waals surface area contributed by atoms with Crippen LogP contribution in [0.4, 0.5) is 15.8 Å². The Kier molecular flexibility index (Phi) is 2.28. The van der Waals surface area contributed by atoms with Gasteiger partial charge in [-0.1, -0.05) is 5.16 Å². The van der Waals surface area contributed by atoms with E-state index in [1.54, 1.807) is 0 Å². The molecule has 0 aliphatic rings. The number of nitrogens with two attached hydrogens (primary N) is 1. The monoisotopic (exact) mass is 223 g/mol. The number of benzene rings is 1. The third-order valence-corrected chi connectivity index (χ3v) is 2.00. The minimum absolute atomic E-state index is 0.00815. The Morgan fingerprint density at radius 2 is 2.25 bits per heavy atom. The molecular formula is C9H6FN3O3. The van der Waals surface area contributed by atoms with Gasteiger partial charge >= 0.3 is 0 Å². The van der Waals surface area contributed by atoms with Gasteiger partial charge in [0.1, 0.15) is 17.1 Å². The molecule has 0 atom stereocenters. The number of anilines is 1. The molecule has 0 fully saturated rings. The molecule has 1 aromatic carbocycles. The summed E-state index contributed by atoms with van der Waals surface area (Å²) < 4.78 is 17.8. The molecule has 0 spiro atoms. The van der Waals surface area contributed by atoms with E-state index >= 15 is 0 Å². The van der Waals surface area contributed by atoms with Gasteiger partial charge in [0.15, 0.2) is 5.76 Å². The zero-order chi connectivity index (χ0) is 11.7. The predicted molar refractivity (Wildman–Crippen MR) is 53.0 cm³/mol. The Labute approximate surface area is 88.6 Å². The van der Waals surface area contributed by atoms with Gasteiger partial charge in [-0.3, -0.25) is 10.1 Å². The summed E-state index contributed by atoms with van der Waals surface area (Å²) in [6.07, 6.45) is 1.20. The lowest BCUT2D eigenvalue weighted by atomic mass is 10.1. The zero-order valence-corrected chi connectivity index (χ0v) is 7.88. The second kappa shape index (κ2) is 3.61. The molecule has 0 aliphatic heterocycles. The Morgan fingerprint density at radius 3 is 2.81 bits per heavy atom. The molecule has 0 saturated carbocycles. The van der Waals surface area contributed by atoms with E-state index < -0.39 is 10.7 Å². The van der Waals surface area contributed by atoms with E-state index in [-0.39, 0.29) is 22.7 Å². The molecule has 1 aromatic heterocycles. The standard InChI is InChI=1S/C9H6FN3O3/c10-5-1-2-8(13(14)15)6(3-5)9-7(11)4-12-16-9/h1-4H,11H2. The van der Waals surface area contributed by atoms with Gasteiger partial charge < -0.3 is 10.3 Å². The van der Waals surface area contributed by atoms with Crippen molar-refractivity contribution in [2.24, 2.45) is 0 Å². The molecule has 1 heterocycles. The Hall–Kier alpha value is -2.44. The third kappa shape index (κ3) is 1.58. The lowest BCUT2D eigenvalue weighted by molar-refractivity contribution is -0.384. The number of nitrogens with zero attached hydrogens (tertiary/aromatic N) is 2. The van der Waals surface area contributed by atoms with Crippen LogP contribution in [-0.4, -0.2) is 10.1 Å². The maximum atomic E-state index is 13.0. The van der Waals surface area contributed by atoms with E-state index in [1.165, 1.54) is 6.20 Å². The predicted octanol–water partition coefficient (Wildman–Crippen LogP) is 1.97. The summed E-state index contributed by atoms with van der Waals surface area (Å²) >= 11 is 0. The van der Waals surface area contributed by atoms with E-state index in [0.717, 1.165) is 18.2 Å². The van der Waals surface area contributed by atoms with Crippen molar-refractivity contribution < 1.29 is 13.8 Å². The van der Waals surface area contributed by atoms with Crippen LogP contribution in [0.15, 0.2) is 28.9 Å². The van der Waals surface area contributed by atoms with E-state index in [2.05, 4.69) is 5.16 Å². The summed E-state index contributed by atoms with van der Waals surface area (Å²) in [5, 5.41) is 14.1. The lowest BCUT2D eigenvalue weighted by Gasteiger charge is -1.99. The van der Waals surface area contributed by atoms with Crippen LogP contribution in [0.1, 0.15) is 0 Å². The van der Waals surface area contributed by atoms with Gasteiger partial charge in [-0.15, -0.1) is 0 Å². The summed E-state index contributed by atoms with van der Waals surface area (Å²) in [5.41, 5.74) is 5.29. The SMILES string of the molecule is Nc1cnoc1-c1cc(F)ccc1[N+](=O)[O-]. The molecule has 16 heavy (non-hydrogen) atoms. The van der Waals surface area contributed by atoms with Crippen molar-refractivity contribution in [2.45, 2.75) is 0 Å². The fourth-order valence-corrected chi connectivity index (χ4v) is 1.30. The van der Waals surface area contributed by atoms with Gasteiger partial charge in [-0.25, -0.2) is 4.39 Å². The summed E-state index contributed by atoms with van der Waals surface area (Å²) in [7, 11) is 0. The van der Waals surface area contributed by atoms with Gasteiger partial charge in [0.25, 0.3) is 5.69 Å². The highest BCUT2D eigenvalue weighted by atomic mass is 19.1. The normalized spacial score (nSPS) is 10.3. The number of halogens is 1. The van der Waals surface area contributed by atoms with Crippen LogP contribution in [0.3, 0.4) is 0 Å². The number of hydrogen-bond acceptors (Lipinski definition) is 5. The van der Waals surface area contributed by atoms with Crippen molar-refractivity contribution in [3.8, 4) is 11.3 Å². The molecule has 0 bridgehead atoms. The molecule has 0 amide bonds. The average Bonchev–Trinajstić information content (AvgIpc) is 2.63. The van der Waals surface area contributed by atoms with Gasteiger partial charge in [-0.2, -0.15) is 0 Å². The molecular weight excluding hydrogens is 217 g/mol. The molecule has 6 nitrogen and oxygen atoms in total. The largest absolute Gasteiger partial charge is 0.394 e. The van der Waals surface area contributed by atoms with E-state index in [9.17, 15) is 14.5 Å². The highest BCUT2D eigenvalue weighted by molar-refractivity contribution is 5.77. The number of nitro benzene ring substituents is 1. The summed E-state index contributed by atoms with van der Waals surface area (Å²) in [5.74, 6) is -0.623. The molecule has 2 rings (SSSR count). The van der Waals surface area contributed by atoms with E-state index in [0.29, 0.717) is 0 Å². The molecule has 82 valence electrons. The number of rotatable bonds is 2. The molecule has 7 heteroatoms. The number of nitrogen functional groups attached to an aromatic ring is 1. The van der Waals surface area contributed by atoms with Crippen LogP contribution >= 0.6 is 0 Å². The molecule has 2 aromatic rings. The first-order valence-electron chi connectivity index (χ1n) is 4.24. The second-order valence-electron chi connectivity index (χ2n) is 3.03. The maximum Gasteiger partial charge on any atom is 0.280 e. The first-order chi connectivity index (χ1) is 7.59. The molecule has 0 unspecified atom stereocenters. The van der Waals surface area contributed by atoms with Crippen LogP contribution in [0.5, 0.6) is 0 Å². The summed E-state index contributed by atoms with van der Waals surface area (Å²) in [6.45, 7) is 0. The average molecular weight is 223 g/mol. The Bertz CT molecular complexity index is 553. The van der Waals surface area contributed by atoms with Gasteiger partial charge in [0.2, 0.25) is 0 Å². The minimum Gasteiger partial charge on any atom is -0.394 e. The van der Waals surface area contributed by atoms with E-state index in [4.69, 9.17) is 10.3 Å².